The van der Waals surface area contributed by atoms with Crippen molar-refractivity contribution >= 4 is 22.9 Å². The number of carbonyl (C=O) groups is 2. The molecule has 2 amide bonds. The highest BCUT2D eigenvalue weighted by atomic mass is 16.4. The lowest BCUT2D eigenvalue weighted by Crippen LogP contribution is -2.52. The second-order valence-corrected chi connectivity index (χ2v) is 8.02. The van der Waals surface area contributed by atoms with Crippen molar-refractivity contribution in [3.8, 4) is 0 Å². The van der Waals surface area contributed by atoms with E-state index < -0.39 is 18.0 Å². The molecular formula is C26H23N3O3. The maximum atomic E-state index is 13.4. The van der Waals surface area contributed by atoms with Crippen LogP contribution in [0.15, 0.2) is 84.9 Å². The average Bonchev–Trinajstić information content (AvgIpc) is 3.20. The fourth-order valence-corrected chi connectivity index (χ4v) is 4.50. The number of carboxylic acids is 1. The molecule has 0 saturated heterocycles. The molecule has 1 unspecified atom stereocenters. The molecule has 0 fully saturated rings. The Morgan fingerprint density at radius 2 is 1.50 bits per heavy atom. The number of aromatic nitrogens is 1. The number of aliphatic carboxylic acids is 1. The Kier molecular flexibility index (Phi) is 5.11. The van der Waals surface area contributed by atoms with Gasteiger partial charge < -0.3 is 20.3 Å². The predicted octanol–water partition coefficient (Wildman–Crippen LogP) is 4.48. The van der Waals surface area contributed by atoms with E-state index >= 15 is 0 Å². The number of carboxylic acid groups (broad SMARTS) is 1. The van der Waals surface area contributed by atoms with Crippen LogP contribution >= 0.6 is 0 Å². The minimum Gasteiger partial charge on any atom is -0.480 e. The third-order valence-corrected chi connectivity index (χ3v) is 6.08. The van der Waals surface area contributed by atoms with Crippen molar-refractivity contribution in [2.45, 2.75) is 25.0 Å². The lowest BCUT2D eigenvalue weighted by Gasteiger charge is -2.34. The van der Waals surface area contributed by atoms with Gasteiger partial charge in [0.15, 0.2) is 0 Å². The fraction of sp³-hybridized carbons (Fsp3) is 0.154. The number of nitrogens with zero attached hydrogens (tertiary/aromatic N) is 1. The lowest BCUT2D eigenvalue weighted by atomic mass is 9.96. The Morgan fingerprint density at radius 1 is 0.906 bits per heavy atom. The number of nitrogens with one attached hydrogen (secondary N) is 2. The van der Waals surface area contributed by atoms with Gasteiger partial charge in [0.05, 0.1) is 12.6 Å². The van der Waals surface area contributed by atoms with Gasteiger partial charge in [-0.05, 0) is 22.8 Å². The number of fused-ring (bicyclic) bond motifs is 3. The summed E-state index contributed by atoms with van der Waals surface area (Å²) in [5.74, 6) is -1.01. The number of urea groups is 1. The number of benzene rings is 3. The highest BCUT2D eigenvalue weighted by molar-refractivity contribution is 5.89. The van der Waals surface area contributed by atoms with Gasteiger partial charge in [-0.15, -0.1) is 0 Å². The smallest absolute Gasteiger partial charge is 0.326 e. The summed E-state index contributed by atoms with van der Waals surface area (Å²) in [5, 5.41) is 14.0. The van der Waals surface area contributed by atoms with Gasteiger partial charge in [0, 0.05) is 23.0 Å². The summed E-state index contributed by atoms with van der Waals surface area (Å²) in [4.78, 5) is 30.3. The number of H-pyrrole nitrogens is 1. The summed E-state index contributed by atoms with van der Waals surface area (Å²) in [6.07, 6.45) is 0.267. The van der Waals surface area contributed by atoms with Gasteiger partial charge in [-0.25, -0.2) is 9.59 Å². The molecule has 6 nitrogen and oxygen atoms in total. The highest BCUT2D eigenvalue weighted by Crippen LogP contribution is 2.31. The van der Waals surface area contributed by atoms with Crippen LogP contribution in [0, 0.1) is 0 Å². The summed E-state index contributed by atoms with van der Waals surface area (Å²) < 4.78 is 0. The molecule has 5 rings (SSSR count). The number of hydrogen-bond acceptors (Lipinski definition) is 2. The topological polar surface area (TPSA) is 85.4 Å². The molecule has 160 valence electrons. The van der Waals surface area contributed by atoms with Crippen LogP contribution in [-0.2, 0) is 17.8 Å². The van der Waals surface area contributed by atoms with Gasteiger partial charge >= 0.3 is 12.0 Å². The van der Waals surface area contributed by atoms with E-state index in [-0.39, 0.29) is 19.0 Å². The first-order chi connectivity index (χ1) is 15.6. The maximum absolute atomic E-state index is 13.4. The number of amides is 2. The van der Waals surface area contributed by atoms with E-state index in [0.29, 0.717) is 0 Å². The van der Waals surface area contributed by atoms with Crippen LogP contribution in [0.4, 0.5) is 4.79 Å². The van der Waals surface area contributed by atoms with Gasteiger partial charge in [-0.1, -0.05) is 78.9 Å². The molecule has 0 spiro atoms. The second kappa shape index (κ2) is 8.23. The molecule has 0 saturated carbocycles. The second-order valence-electron chi connectivity index (χ2n) is 8.02. The molecule has 0 bridgehead atoms. The van der Waals surface area contributed by atoms with Crippen molar-refractivity contribution in [2.24, 2.45) is 0 Å². The molecule has 1 atom stereocenters. The largest absolute Gasteiger partial charge is 0.480 e. The molecule has 3 aromatic carbocycles. The van der Waals surface area contributed by atoms with Crippen molar-refractivity contribution in [3.63, 3.8) is 0 Å². The first-order valence-electron chi connectivity index (χ1n) is 10.6. The minimum absolute atomic E-state index is 0.211. The van der Waals surface area contributed by atoms with E-state index in [1.165, 1.54) is 4.90 Å². The van der Waals surface area contributed by atoms with Crippen molar-refractivity contribution in [3.05, 3.63) is 107 Å². The molecular weight excluding hydrogens is 402 g/mol. The number of hydrogen-bond donors (Lipinski definition) is 3. The van der Waals surface area contributed by atoms with E-state index in [0.717, 1.165) is 33.3 Å². The van der Waals surface area contributed by atoms with Crippen molar-refractivity contribution in [2.75, 3.05) is 0 Å². The summed E-state index contributed by atoms with van der Waals surface area (Å²) in [6.45, 7) is 0.211. The third-order valence-electron chi connectivity index (χ3n) is 6.08. The molecule has 4 aromatic rings. The maximum Gasteiger partial charge on any atom is 0.326 e. The van der Waals surface area contributed by atoms with Crippen LogP contribution in [-0.4, -0.2) is 33.0 Å². The monoisotopic (exact) mass is 425 g/mol. The van der Waals surface area contributed by atoms with E-state index in [4.69, 9.17) is 0 Å². The van der Waals surface area contributed by atoms with Gasteiger partial charge in [-0.3, -0.25) is 0 Å². The van der Waals surface area contributed by atoms with E-state index in [1.54, 1.807) is 0 Å². The Morgan fingerprint density at radius 3 is 2.12 bits per heavy atom. The summed E-state index contributed by atoms with van der Waals surface area (Å²) in [6, 6.07) is 25.5. The molecule has 1 aromatic heterocycles. The fourth-order valence-electron chi connectivity index (χ4n) is 4.50. The molecule has 6 heteroatoms. The van der Waals surface area contributed by atoms with Crippen LogP contribution < -0.4 is 5.32 Å². The van der Waals surface area contributed by atoms with E-state index in [9.17, 15) is 14.7 Å². The molecule has 1 aliphatic heterocycles. The number of aromatic amines is 1. The summed E-state index contributed by atoms with van der Waals surface area (Å²) >= 11 is 0. The standard InChI is InChI=1S/C26H23N3O3/c30-25(31)23-15-20-19-13-7-8-14-21(19)27-22(20)16-29(23)26(32)28-24(17-9-3-1-4-10-17)18-11-5-2-6-12-18/h1-14,23-24,27H,15-16H2,(H,28,32)(H,30,31). The van der Waals surface area contributed by atoms with E-state index in [2.05, 4.69) is 10.3 Å². The Bertz CT molecular complexity index is 1230. The van der Waals surface area contributed by atoms with E-state index in [1.807, 2.05) is 84.9 Å². The van der Waals surface area contributed by atoms with Gasteiger partial charge in [0.2, 0.25) is 0 Å². The zero-order chi connectivity index (χ0) is 22.1. The molecule has 0 radical (unpaired) electrons. The first-order valence-corrected chi connectivity index (χ1v) is 10.6. The van der Waals surface area contributed by atoms with Crippen LogP contribution in [0.1, 0.15) is 28.4 Å². The third kappa shape index (κ3) is 3.60. The van der Waals surface area contributed by atoms with Crippen LogP contribution in [0.2, 0.25) is 0 Å². The van der Waals surface area contributed by atoms with Crippen LogP contribution in [0.5, 0.6) is 0 Å². The predicted molar refractivity (Wildman–Crippen MR) is 122 cm³/mol. The average molecular weight is 425 g/mol. The lowest BCUT2D eigenvalue weighted by molar-refractivity contribution is -0.142. The summed E-state index contributed by atoms with van der Waals surface area (Å²) in [7, 11) is 0. The number of rotatable bonds is 4. The van der Waals surface area contributed by atoms with Gasteiger partial charge in [-0.2, -0.15) is 0 Å². The van der Waals surface area contributed by atoms with Gasteiger partial charge in [0.25, 0.3) is 0 Å². The number of carbonyl (C=O) groups excluding carboxylic acids is 1. The summed E-state index contributed by atoms with van der Waals surface area (Å²) in [5.41, 5.74) is 4.68. The Hall–Kier alpha value is -4.06. The molecule has 2 heterocycles. The van der Waals surface area contributed by atoms with Crippen molar-refractivity contribution in [1.29, 1.82) is 0 Å². The number of para-hydroxylation sites is 1. The zero-order valence-corrected chi connectivity index (χ0v) is 17.4. The van der Waals surface area contributed by atoms with Crippen LogP contribution in [0.25, 0.3) is 10.9 Å². The minimum atomic E-state index is -1.01. The SMILES string of the molecule is O=C(O)C1Cc2c([nH]c3ccccc23)CN1C(=O)NC(c1ccccc1)c1ccccc1. The molecule has 0 aliphatic carbocycles. The van der Waals surface area contributed by atoms with Gasteiger partial charge in [0.1, 0.15) is 6.04 Å². The zero-order valence-electron chi connectivity index (χ0n) is 17.4. The normalized spacial score (nSPS) is 15.5. The molecule has 3 N–H and O–H groups in total. The Balaban J connectivity index is 1.48. The first kappa shape index (κ1) is 19.9. The molecule has 1 aliphatic rings. The Labute approximate surface area is 185 Å². The highest BCUT2D eigenvalue weighted by Gasteiger charge is 2.37. The van der Waals surface area contributed by atoms with Crippen molar-refractivity contribution in [1.82, 2.24) is 15.2 Å². The quantitative estimate of drug-likeness (QED) is 0.451. The molecule has 32 heavy (non-hydrogen) atoms. The van der Waals surface area contributed by atoms with Crippen molar-refractivity contribution < 1.29 is 14.7 Å². The van der Waals surface area contributed by atoms with Crippen LogP contribution in [0.3, 0.4) is 0 Å².